The van der Waals surface area contributed by atoms with Crippen molar-refractivity contribution in [3.05, 3.63) is 113 Å². The summed E-state index contributed by atoms with van der Waals surface area (Å²) in [6, 6.07) is 35.7. The summed E-state index contributed by atoms with van der Waals surface area (Å²) >= 11 is 0. The van der Waals surface area contributed by atoms with E-state index in [1.807, 2.05) is 0 Å². The van der Waals surface area contributed by atoms with Crippen molar-refractivity contribution in [3.8, 4) is 11.1 Å². The van der Waals surface area contributed by atoms with Crippen LogP contribution < -0.4 is 4.90 Å². The van der Waals surface area contributed by atoms with Gasteiger partial charge in [-0.1, -0.05) is 93.8 Å². The molecule has 1 nitrogen and oxygen atoms in total. The summed E-state index contributed by atoms with van der Waals surface area (Å²) in [5.41, 5.74) is 13.0. The van der Waals surface area contributed by atoms with Gasteiger partial charge in [-0.05, 0) is 139 Å². The van der Waals surface area contributed by atoms with Crippen LogP contribution in [0, 0.1) is 17.8 Å². The Morgan fingerprint density at radius 3 is 1.84 bits per heavy atom. The van der Waals surface area contributed by atoms with Crippen LogP contribution in [-0.4, -0.2) is 0 Å². The Bertz CT molecular complexity index is 1650. The highest BCUT2D eigenvalue weighted by Crippen LogP contribution is 2.61. The summed E-state index contributed by atoms with van der Waals surface area (Å²) in [6.07, 6.45) is 15.6. The van der Waals surface area contributed by atoms with Gasteiger partial charge in [0.05, 0.1) is 5.69 Å². The van der Waals surface area contributed by atoms with Crippen molar-refractivity contribution in [1.82, 2.24) is 0 Å². The largest absolute Gasteiger partial charge is 0.310 e. The highest BCUT2D eigenvalue weighted by molar-refractivity contribution is 5.94. The zero-order valence-electron chi connectivity index (χ0n) is 26.7. The fourth-order valence-corrected chi connectivity index (χ4v) is 11.1. The molecule has 0 amide bonds. The second kappa shape index (κ2) is 10.1. The first-order valence-corrected chi connectivity index (χ1v) is 17.7. The van der Waals surface area contributed by atoms with Gasteiger partial charge in [0.1, 0.15) is 0 Å². The van der Waals surface area contributed by atoms with E-state index in [0.29, 0.717) is 5.41 Å². The van der Waals surface area contributed by atoms with Crippen LogP contribution in [0.25, 0.3) is 11.1 Å². The summed E-state index contributed by atoms with van der Waals surface area (Å²) in [4.78, 5) is 2.56. The summed E-state index contributed by atoms with van der Waals surface area (Å²) in [5, 5.41) is 0. The Morgan fingerprint density at radius 1 is 0.591 bits per heavy atom. The Kier molecular flexibility index (Phi) is 6.20. The molecular weight excluding hydrogens is 530 g/mol. The molecule has 1 heteroatoms. The third-order valence-corrected chi connectivity index (χ3v) is 12.8. The third-order valence-electron chi connectivity index (χ3n) is 12.8. The van der Waals surface area contributed by atoms with Crippen molar-refractivity contribution in [2.75, 3.05) is 4.90 Å². The molecule has 0 N–H and O–H groups in total. The monoisotopic (exact) mass is 577 g/mol. The fraction of sp³-hybridized carbons (Fsp3) is 0.442. The molecule has 0 unspecified atom stereocenters. The van der Waals surface area contributed by atoms with E-state index in [0.717, 1.165) is 23.7 Å². The summed E-state index contributed by atoms with van der Waals surface area (Å²) < 4.78 is 0. The second-order valence-corrected chi connectivity index (χ2v) is 15.9. The van der Waals surface area contributed by atoms with E-state index in [1.54, 1.807) is 5.56 Å². The topological polar surface area (TPSA) is 3.24 Å². The number of hydrogen-bond donors (Lipinski definition) is 0. The Morgan fingerprint density at radius 2 is 1.18 bits per heavy atom. The third kappa shape index (κ3) is 4.18. The summed E-state index contributed by atoms with van der Waals surface area (Å²) in [7, 11) is 0. The standard InChI is InChI=1S/C43H47N/c1-42(2)38-12-7-6-11-37(38)41-39(42)13-8-14-40(41)44(35-19-15-33(16-20-35)32-9-4-3-5-10-32)36-21-17-34(18-22-36)43-26-29-23-30(27-43)25-31(24-29)28-43/h6-8,11-22,29-32H,3-5,9-10,23-28H2,1-2H3. The minimum absolute atomic E-state index is 0.0131. The van der Waals surface area contributed by atoms with Gasteiger partial charge < -0.3 is 4.90 Å². The van der Waals surface area contributed by atoms with Gasteiger partial charge in [-0.25, -0.2) is 0 Å². The van der Waals surface area contributed by atoms with Crippen molar-refractivity contribution < 1.29 is 0 Å². The molecular formula is C43H47N. The van der Waals surface area contributed by atoms with Gasteiger partial charge in [0.2, 0.25) is 0 Å². The Balaban J connectivity index is 1.15. The Hall–Kier alpha value is -3.32. The molecule has 4 aromatic rings. The summed E-state index contributed by atoms with van der Waals surface area (Å²) in [5.74, 6) is 3.63. The number of hydrogen-bond acceptors (Lipinski definition) is 1. The minimum atomic E-state index is -0.0131. The quantitative estimate of drug-likeness (QED) is 0.228. The molecule has 10 rings (SSSR count). The van der Waals surface area contributed by atoms with Gasteiger partial charge >= 0.3 is 0 Å². The molecule has 0 saturated heterocycles. The van der Waals surface area contributed by atoms with E-state index in [4.69, 9.17) is 0 Å². The highest BCUT2D eigenvalue weighted by Gasteiger charge is 2.51. The molecule has 0 heterocycles. The van der Waals surface area contributed by atoms with Gasteiger partial charge in [0, 0.05) is 22.4 Å². The molecule has 6 aliphatic rings. The normalized spacial score (nSPS) is 28.1. The fourth-order valence-electron chi connectivity index (χ4n) is 11.1. The van der Waals surface area contributed by atoms with Crippen molar-refractivity contribution in [2.45, 2.75) is 101 Å². The van der Waals surface area contributed by atoms with E-state index in [-0.39, 0.29) is 5.41 Å². The molecule has 6 aliphatic carbocycles. The van der Waals surface area contributed by atoms with E-state index in [2.05, 4.69) is 110 Å². The smallest absolute Gasteiger partial charge is 0.0543 e. The van der Waals surface area contributed by atoms with Crippen LogP contribution in [0.1, 0.15) is 113 Å². The van der Waals surface area contributed by atoms with Crippen LogP contribution in [0.4, 0.5) is 17.1 Å². The molecule has 224 valence electrons. The predicted octanol–water partition coefficient (Wildman–Crippen LogP) is 12.0. The maximum absolute atomic E-state index is 2.56. The lowest BCUT2D eigenvalue weighted by atomic mass is 9.48. The maximum atomic E-state index is 2.56. The zero-order chi connectivity index (χ0) is 29.5. The first kappa shape index (κ1) is 27.0. The zero-order valence-corrected chi connectivity index (χ0v) is 26.7. The van der Waals surface area contributed by atoms with Crippen LogP contribution >= 0.6 is 0 Å². The number of anilines is 3. The lowest BCUT2D eigenvalue weighted by molar-refractivity contribution is -0.00518. The van der Waals surface area contributed by atoms with Gasteiger partial charge in [-0.3, -0.25) is 0 Å². The molecule has 0 spiro atoms. The van der Waals surface area contributed by atoms with Crippen LogP contribution in [0.15, 0.2) is 91.0 Å². The number of rotatable bonds is 5. The average molecular weight is 578 g/mol. The molecule has 5 saturated carbocycles. The lowest BCUT2D eigenvalue weighted by Gasteiger charge is -2.57. The lowest BCUT2D eigenvalue weighted by Crippen LogP contribution is -2.48. The SMILES string of the molecule is CC1(C)c2ccccc2-c2c(N(c3ccc(C4CCCCC4)cc3)c3ccc(C45CC6CC(CC(C6)C4)C5)cc3)cccc21. The van der Waals surface area contributed by atoms with Crippen molar-refractivity contribution >= 4 is 17.1 Å². The van der Waals surface area contributed by atoms with Gasteiger partial charge in [-0.2, -0.15) is 0 Å². The van der Waals surface area contributed by atoms with Crippen molar-refractivity contribution in [1.29, 1.82) is 0 Å². The van der Waals surface area contributed by atoms with Gasteiger partial charge in [0.15, 0.2) is 0 Å². The molecule has 44 heavy (non-hydrogen) atoms. The molecule has 5 fully saturated rings. The maximum Gasteiger partial charge on any atom is 0.0543 e. The highest BCUT2D eigenvalue weighted by atomic mass is 15.1. The predicted molar refractivity (Wildman–Crippen MR) is 184 cm³/mol. The van der Waals surface area contributed by atoms with E-state index >= 15 is 0 Å². The Labute approximate surface area is 264 Å². The van der Waals surface area contributed by atoms with Crippen LogP contribution in [-0.2, 0) is 10.8 Å². The van der Waals surface area contributed by atoms with E-state index < -0.39 is 0 Å². The number of nitrogens with zero attached hydrogens (tertiary/aromatic N) is 1. The molecule has 4 bridgehead atoms. The molecule has 4 aromatic carbocycles. The molecule has 0 radical (unpaired) electrons. The van der Waals surface area contributed by atoms with E-state index in [1.165, 1.54) is 116 Å². The van der Waals surface area contributed by atoms with E-state index in [9.17, 15) is 0 Å². The van der Waals surface area contributed by atoms with Gasteiger partial charge in [0.25, 0.3) is 0 Å². The molecule has 0 aliphatic heterocycles. The first-order chi connectivity index (χ1) is 21.5. The minimum Gasteiger partial charge on any atom is -0.310 e. The van der Waals surface area contributed by atoms with Gasteiger partial charge in [-0.15, -0.1) is 0 Å². The second-order valence-electron chi connectivity index (χ2n) is 15.9. The molecule has 0 atom stereocenters. The van der Waals surface area contributed by atoms with Crippen LogP contribution in [0.2, 0.25) is 0 Å². The van der Waals surface area contributed by atoms with Crippen LogP contribution in [0.5, 0.6) is 0 Å². The first-order valence-electron chi connectivity index (χ1n) is 17.7. The van der Waals surface area contributed by atoms with Crippen molar-refractivity contribution in [3.63, 3.8) is 0 Å². The molecule has 0 aromatic heterocycles. The van der Waals surface area contributed by atoms with Crippen LogP contribution in [0.3, 0.4) is 0 Å². The number of benzene rings is 4. The average Bonchev–Trinajstić information content (AvgIpc) is 3.29. The summed E-state index contributed by atoms with van der Waals surface area (Å²) in [6.45, 7) is 4.79. The van der Waals surface area contributed by atoms with Crippen molar-refractivity contribution in [2.24, 2.45) is 17.8 Å². The number of fused-ring (bicyclic) bond motifs is 3.